The summed E-state index contributed by atoms with van der Waals surface area (Å²) in [7, 11) is 0. The minimum Gasteiger partial charge on any atom is -0.481 e. The molecule has 0 bridgehead atoms. The van der Waals surface area contributed by atoms with Crippen molar-refractivity contribution in [2.45, 2.75) is 25.4 Å². The molecule has 1 N–H and O–H groups in total. The summed E-state index contributed by atoms with van der Waals surface area (Å²) in [5.41, 5.74) is 1.07. The van der Waals surface area contributed by atoms with E-state index in [9.17, 15) is 4.79 Å². The number of carboxylic acids is 1. The minimum absolute atomic E-state index is 0.0638. The number of hydrogen-bond acceptors (Lipinski definition) is 4. The van der Waals surface area contributed by atoms with E-state index in [1.165, 1.54) is 0 Å². The highest BCUT2D eigenvalue weighted by molar-refractivity contribution is 5.67. The molecule has 0 aromatic carbocycles. The molecule has 1 aliphatic rings. The van der Waals surface area contributed by atoms with Crippen molar-refractivity contribution in [2.75, 3.05) is 19.8 Å². The maximum Gasteiger partial charge on any atom is 0.305 e. The molecule has 2 atom stereocenters. The Hall–Kier alpha value is -1.33. The van der Waals surface area contributed by atoms with Gasteiger partial charge in [-0.05, 0) is 13.0 Å². The molecule has 94 valence electrons. The van der Waals surface area contributed by atoms with Crippen LogP contribution in [0, 0.1) is 0 Å². The molecule has 1 aromatic heterocycles. The third-order valence-corrected chi connectivity index (χ3v) is 3.21. The Labute approximate surface area is 100.0 Å². The van der Waals surface area contributed by atoms with Crippen LogP contribution in [0.5, 0.6) is 0 Å². The quantitative estimate of drug-likeness (QED) is 0.863. The molecule has 0 spiro atoms. The van der Waals surface area contributed by atoms with Crippen molar-refractivity contribution in [1.29, 1.82) is 0 Å². The maximum absolute atomic E-state index is 10.8. The average molecular weight is 239 g/mol. The van der Waals surface area contributed by atoms with Crippen molar-refractivity contribution in [3.8, 4) is 0 Å². The van der Waals surface area contributed by atoms with E-state index >= 15 is 0 Å². The topological polar surface area (TPSA) is 62.9 Å². The van der Waals surface area contributed by atoms with Gasteiger partial charge in [0.1, 0.15) is 0 Å². The van der Waals surface area contributed by atoms with Crippen LogP contribution in [0.1, 0.15) is 24.9 Å². The zero-order chi connectivity index (χ0) is 12.3. The highest BCUT2D eigenvalue weighted by Gasteiger charge is 2.29. The Morgan fingerprint density at radius 1 is 1.71 bits per heavy atom. The van der Waals surface area contributed by atoms with Crippen molar-refractivity contribution >= 4 is 5.97 Å². The molecule has 2 unspecified atom stereocenters. The number of nitrogens with zero attached hydrogens (tertiary/aromatic N) is 1. The average Bonchev–Trinajstić information content (AvgIpc) is 2.81. The highest BCUT2D eigenvalue weighted by Crippen LogP contribution is 2.25. The number of carboxylic acid groups (broad SMARTS) is 1. The molecule has 17 heavy (non-hydrogen) atoms. The van der Waals surface area contributed by atoms with Gasteiger partial charge < -0.3 is 14.3 Å². The Kier molecular flexibility index (Phi) is 3.81. The number of aliphatic carboxylic acids is 1. The lowest BCUT2D eigenvalue weighted by Crippen LogP contribution is -2.47. The summed E-state index contributed by atoms with van der Waals surface area (Å²) in [5.74, 6) is -0.787. The van der Waals surface area contributed by atoms with Gasteiger partial charge in [-0.3, -0.25) is 9.69 Å². The molecule has 2 heterocycles. The predicted molar refractivity (Wildman–Crippen MR) is 60.7 cm³/mol. The molecule has 0 radical (unpaired) electrons. The molecule has 1 aromatic rings. The smallest absolute Gasteiger partial charge is 0.305 e. The molecule has 1 fully saturated rings. The maximum atomic E-state index is 10.8. The molecule has 0 aliphatic carbocycles. The lowest BCUT2D eigenvalue weighted by Gasteiger charge is -2.38. The van der Waals surface area contributed by atoms with Gasteiger partial charge in [-0.1, -0.05) is 0 Å². The largest absolute Gasteiger partial charge is 0.481 e. The molecule has 5 nitrogen and oxygen atoms in total. The van der Waals surface area contributed by atoms with E-state index in [2.05, 4.69) is 11.8 Å². The molecule has 1 saturated heterocycles. The number of carbonyl (C=O) groups is 1. The molecule has 0 amide bonds. The lowest BCUT2D eigenvalue weighted by atomic mass is 10.1. The van der Waals surface area contributed by atoms with Crippen molar-refractivity contribution in [3.05, 3.63) is 24.2 Å². The fourth-order valence-corrected chi connectivity index (χ4v) is 2.26. The van der Waals surface area contributed by atoms with Crippen LogP contribution in [0.15, 0.2) is 23.0 Å². The van der Waals surface area contributed by atoms with Gasteiger partial charge in [-0.2, -0.15) is 0 Å². The number of morpholine rings is 1. The fraction of sp³-hybridized carbons (Fsp3) is 0.583. The number of furan rings is 1. The van der Waals surface area contributed by atoms with Crippen LogP contribution < -0.4 is 0 Å². The second kappa shape index (κ2) is 5.33. The number of hydrogen-bond donors (Lipinski definition) is 1. The summed E-state index contributed by atoms with van der Waals surface area (Å²) < 4.78 is 10.4. The zero-order valence-corrected chi connectivity index (χ0v) is 9.83. The predicted octanol–water partition coefficient (Wildman–Crippen LogP) is 1.52. The van der Waals surface area contributed by atoms with Crippen molar-refractivity contribution < 1.29 is 19.1 Å². The molecule has 1 aliphatic heterocycles. The van der Waals surface area contributed by atoms with E-state index in [1.807, 2.05) is 6.07 Å². The summed E-state index contributed by atoms with van der Waals surface area (Å²) in [6.07, 6.45) is 3.46. The summed E-state index contributed by atoms with van der Waals surface area (Å²) in [4.78, 5) is 13.0. The Balaban J connectivity index is 2.07. The van der Waals surface area contributed by atoms with Crippen LogP contribution in [0.3, 0.4) is 0 Å². The summed E-state index contributed by atoms with van der Waals surface area (Å²) in [5, 5.41) is 8.90. The van der Waals surface area contributed by atoms with E-state index in [0.717, 1.165) is 12.1 Å². The minimum atomic E-state index is -0.787. The van der Waals surface area contributed by atoms with Crippen molar-refractivity contribution in [2.24, 2.45) is 0 Å². The first-order valence-electron chi connectivity index (χ1n) is 5.76. The molecular weight excluding hydrogens is 222 g/mol. The second-order valence-corrected chi connectivity index (χ2v) is 4.30. The van der Waals surface area contributed by atoms with Gasteiger partial charge in [0.25, 0.3) is 0 Å². The Morgan fingerprint density at radius 3 is 3.18 bits per heavy atom. The van der Waals surface area contributed by atoms with Gasteiger partial charge in [0.2, 0.25) is 0 Å². The normalized spacial score (nSPS) is 23.5. The monoisotopic (exact) mass is 239 g/mol. The third kappa shape index (κ3) is 2.87. The van der Waals surface area contributed by atoms with Crippen LogP contribution in [-0.2, 0) is 9.53 Å². The standard InChI is InChI=1S/C12H17NO4/c1-9(10-2-4-16-7-10)13-3-5-17-8-11(13)6-12(14)15/h2,4,7,9,11H,3,5-6,8H2,1H3,(H,14,15). The van der Waals surface area contributed by atoms with E-state index in [-0.39, 0.29) is 18.5 Å². The first-order valence-corrected chi connectivity index (χ1v) is 5.76. The van der Waals surface area contributed by atoms with E-state index in [1.54, 1.807) is 12.5 Å². The van der Waals surface area contributed by atoms with Crippen LogP contribution in [0.25, 0.3) is 0 Å². The second-order valence-electron chi connectivity index (χ2n) is 4.30. The van der Waals surface area contributed by atoms with Crippen LogP contribution in [-0.4, -0.2) is 41.8 Å². The van der Waals surface area contributed by atoms with Crippen molar-refractivity contribution in [1.82, 2.24) is 4.90 Å². The number of rotatable bonds is 4. The van der Waals surface area contributed by atoms with Crippen LogP contribution >= 0.6 is 0 Å². The zero-order valence-electron chi connectivity index (χ0n) is 9.83. The summed E-state index contributed by atoms with van der Waals surface area (Å²) in [6.45, 7) is 3.95. The fourth-order valence-electron chi connectivity index (χ4n) is 2.26. The number of ether oxygens (including phenoxy) is 1. The first-order chi connectivity index (χ1) is 8.18. The molecule has 5 heteroatoms. The summed E-state index contributed by atoms with van der Waals surface area (Å²) in [6, 6.07) is 2.01. The summed E-state index contributed by atoms with van der Waals surface area (Å²) >= 11 is 0. The van der Waals surface area contributed by atoms with Crippen molar-refractivity contribution in [3.63, 3.8) is 0 Å². The Morgan fingerprint density at radius 2 is 2.53 bits per heavy atom. The molecular formula is C12H17NO4. The van der Waals surface area contributed by atoms with E-state index < -0.39 is 5.97 Å². The van der Waals surface area contributed by atoms with Gasteiger partial charge in [0.15, 0.2) is 0 Å². The lowest BCUT2D eigenvalue weighted by molar-refractivity contribution is -0.140. The van der Waals surface area contributed by atoms with Crippen LogP contribution in [0.2, 0.25) is 0 Å². The highest BCUT2D eigenvalue weighted by atomic mass is 16.5. The Bertz CT molecular complexity index is 363. The van der Waals surface area contributed by atoms with Gasteiger partial charge in [0, 0.05) is 24.2 Å². The van der Waals surface area contributed by atoms with Gasteiger partial charge in [-0.25, -0.2) is 0 Å². The molecule has 0 saturated carbocycles. The van der Waals surface area contributed by atoms with Crippen LogP contribution in [0.4, 0.5) is 0 Å². The molecule has 2 rings (SSSR count). The van der Waals surface area contributed by atoms with Gasteiger partial charge >= 0.3 is 5.97 Å². The first kappa shape index (κ1) is 12.1. The van der Waals surface area contributed by atoms with E-state index in [0.29, 0.717) is 13.2 Å². The SMILES string of the molecule is CC(c1ccoc1)N1CCOCC1CC(=O)O. The van der Waals surface area contributed by atoms with Gasteiger partial charge in [0.05, 0.1) is 32.2 Å². The van der Waals surface area contributed by atoms with Gasteiger partial charge in [-0.15, -0.1) is 0 Å². The van der Waals surface area contributed by atoms with E-state index in [4.69, 9.17) is 14.3 Å². The third-order valence-electron chi connectivity index (χ3n) is 3.21.